The molecule has 8 nitrogen and oxygen atoms in total. The topological polar surface area (TPSA) is 83.0 Å². The van der Waals surface area contributed by atoms with Gasteiger partial charge in [0.1, 0.15) is 10.8 Å². The van der Waals surface area contributed by atoms with Crippen molar-refractivity contribution in [2.45, 2.75) is 76.3 Å². The monoisotopic (exact) mass is 609 g/mol. The molecule has 0 spiro atoms. The summed E-state index contributed by atoms with van der Waals surface area (Å²) in [6.45, 7) is 15.2. The van der Waals surface area contributed by atoms with E-state index in [4.69, 9.17) is 21.1 Å². The van der Waals surface area contributed by atoms with Crippen molar-refractivity contribution in [3.63, 3.8) is 0 Å². The fourth-order valence-corrected chi connectivity index (χ4v) is 6.44. The lowest BCUT2D eigenvalue weighted by atomic mass is 9.90. The van der Waals surface area contributed by atoms with Crippen LogP contribution < -0.4 is 15.1 Å². The first-order valence-corrected chi connectivity index (χ1v) is 15.7. The highest BCUT2D eigenvalue weighted by atomic mass is 35.5. The molecule has 10 heteroatoms. The van der Waals surface area contributed by atoms with Gasteiger partial charge in [-0.15, -0.1) is 11.8 Å². The minimum Gasteiger partial charge on any atom is -0.489 e. The predicted octanol–water partition coefficient (Wildman–Crippen LogP) is 7.87. The molecule has 2 aliphatic heterocycles. The number of nitrogens with one attached hydrogen (secondary N) is 1. The number of aromatic nitrogens is 2. The molecule has 0 aliphatic carbocycles. The summed E-state index contributed by atoms with van der Waals surface area (Å²) in [6, 6.07) is 12.8. The molecule has 3 heterocycles. The third kappa shape index (κ3) is 6.87. The molecule has 1 fully saturated rings. The van der Waals surface area contributed by atoms with Gasteiger partial charge < -0.3 is 14.8 Å². The third-order valence-electron chi connectivity index (χ3n) is 7.38. The zero-order valence-corrected chi connectivity index (χ0v) is 26.7. The SMILES string of the molecule is Cc1cc(Nc2ncc(Cl)c(N(O)c3ccccc3SC(C)C)n2)c(OC(C)C)cc1C1=CCN(C2COC2)C(C)C1. The lowest BCUT2D eigenvalue weighted by Gasteiger charge is -2.43. The van der Waals surface area contributed by atoms with Gasteiger partial charge in [0.25, 0.3) is 0 Å². The summed E-state index contributed by atoms with van der Waals surface area (Å²) >= 11 is 8.14. The van der Waals surface area contributed by atoms with E-state index in [2.05, 4.69) is 66.1 Å². The Morgan fingerprint density at radius 2 is 1.95 bits per heavy atom. The van der Waals surface area contributed by atoms with Gasteiger partial charge in [0.15, 0.2) is 5.82 Å². The van der Waals surface area contributed by atoms with Crippen molar-refractivity contribution in [2.24, 2.45) is 0 Å². The van der Waals surface area contributed by atoms with Crippen LogP contribution >= 0.6 is 23.4 Å². The van der Waals surface area contributed by atoms with E-state index in [1.54, 1.807) is 11.8 Å². The number of thioether (sulfide) groups is 1. The molecule has 42 heavy (non-hydrogen) atoms. The summed E-state index contributed by atoms with van der Waals surface area (Å²) in [4.78, 5) is 12.5. The molecule has 1 unspecified atom stereocenters. The van der Waals surface area contributed by atoms with Crippen molar-refractivity contribution in [2.75, 3.05) is 30.1 Å². The van der Waals surface area contributed by atoms with Gasteiger partial charge in [-0.05, 0) is 75.1 Å². The molecule has 0 saturated carbocycles. The first kappa shape index (κ1) is 30.6. The summed E-state index contributed by atoms with van der Waals surface area (Å²) in [5.74, 6) is 1.20. The largest absolute Gasteiger partial charge is 0.489 e. The van der Waals surface area contributed by atoms with Crippen molar-refractivity contribution in [3.8, 4) is 5.75 Å². The van der Waals surface area contributed by atoms with Gasteiger partial charge in [-0.25, -0.2) is 10.0 Å². The van der Waals surface area contributed by atoms with Gasteiger partial charge in [0.05, 0.1) is 42.9 Å². The maximum absolute atomic E-state index is 11.2. The van der Waals surface area contributed by atoms with Gasteiger partial charge in [-0.2, -0.15) is 4.98 Å². The lowest BCUT2D eigenvalue weighted by molar-refractivity contribution is -0.0736. The first-order valence-electron chi connectivity index (χ1n) is 14.5. The lowest BCUT2D eigenvalue weighted by Crippen LogP contribution is -2.53. The number of halogens is 1. The number of nitrogens with zero attached hydrogens (tertiary/aromatic N) is 4. The van der Waals surface area contributed by atoms with E-state index < -0.39 is 0 Å². The molecule has 2 aromatic carbocycles. The van der Waals surface area contributed by atoms with Gasteiger partial charge in [-0.3, -0.25) is 10.1 Å². The van der Waals surface area contributed by atoms with Crippen LogP contribution in [0.5, 0.6) is 5.75 Å². The molecule has 3 aromatic rings. The van der Waals surface area contributed by atoms with E-state index in [0.717, 1.165) is 47.4 Å². The number of benzene rings is 2. The molecule has 1 aromatic heterocycles. The van der Waals surface area contributed by atoms with Crippen LogP contribution in [0.1, 0.15) is 52.2 Å². The number of hydrogen-bond donors (Lipinski definition) is 2. The summed E-state index contributed by atoms with van der Waals surface area (Å²) < 4.78 is 11.7. The van der Waals surface area contributed by atoms with Crippen LogP contribution in [0.3, 0.4) is 0 Å². The Morgan fingerprint density at radius 3 is 2.62 bits per heavy atom. The normalized spacial score (nSPS) is 17.8. The average molecular weight is 610 g/mol. The van der Waals surface area contributed by atoms with E-state index in [0.29, 0.717) is 34.7 Å². The van der Waals surface area contributed by atoms with Crippen molar-refractivity contribution in [1.82, 2.24) is 14.9 Å². The van der Waals surface area contributed by atoms with Crippen molar-refractivity contribution >= 4 is 52.1 Å². The highest BCUT2D eigenvalue weighted by Gasteiger charge is 2.32. The van der Waals surface area contributed by atoms with Gasteiger partial charge >= 0.3 is 0 Å². The molecule has 2 aliphatic rings. The Hall–Kier alpha value is -2.82. The zero-order chi connectivity index (χ0) is 30.0. The Bertz CT molecular complexity index is 1450. The molecule has 0 amide bonds. The molecule has 1 atom stereocenters. The fraction of sp³-hybridized carbons (Fsp3) is 0.438. The highest BCUT2D eigenvalue weighted by Crippen LogP contribution is 2.40. The quantitative estimate of drug-likeness (QED) is 0.176. The van der Waals surface area contributed by atoms with E-state index in [1.807, 2.05) is 38.1 Å². The summed E-state index contributed by atoms with van der Waals surface area (Å²) in [7, 11) is 0. The second kappa shape index (κ2) is 13.2. The van der Waals surface area contributed by atoms with Crippen LogP contribution in [-0.4, -0.2) is 63.3 Å². The number of anilines is 4. The van der Waals surface area contributed by atoms with E-state index in [9.17, 15) is 5.21 Å². The molecule has 0 radical (unpaired) electrons. The Morgan fingerprint density at radius 1 is 1.19 bits per heavy atom. The minimum atomic E-state index is -0.0286. The molecule has 0 bridgehead atoms. The second-order valence-corrected chi connectivity index (χ2v) is 13.5. The van der Waals surface area contributed by atoms with Crippen molar-refractivity contribution in [3.05, 3.63) is 64.8 Å². The highest BCUT2D eigenvalue weighted by molar-refractivity contribution is 8.00. The zero-order valence-electron chi connectivity index (χ0n) is 25.1. The summed E-state index contributed by atoms with van der Waals surface area (Å²) in [5, 5.41) is 16.1. The smallest absolute Gasteiger partial charge is 0.229 e. The van der Waals surface area contributed by atoms with Crippen LogP contribution in [0.25, 0.3) is 5.57 Å². The standard InChI is InChI=1S/C32H40ClN5O3S/c1-19(2)41-29-15-25(23-11-12-37(22(6)14-23)24-17-40-18-24)21(5)13-27(29)35-32-34-16-26(33)31(36-32)38(39)28-9-7-8-10-30(28)42-20(3)4/h7-11,13,15-16,19-20,22,24,39H,12,14,17-18H2,1-6H3,(H,34,35,36). The van der Waals surface area contributed by atoms with Crippen LogP contribution in [0.4, 0.5) is 23.1 Å². The molecule has 224 valence electrons. The van der Waals surface area contributed by atoms with Crippen LogP contribution in [-0.2, 0) is 4.74 Å². The van der Waals surface area contributed by atoms with E-state index in [-0.39, 0.29) is 16.9 Å². The number of ether oxygens (including phenoxy) is 2. The van der Waals surface area contributed by atoms with Gasteiger partial charge in [0, 0.05) is 22.7 Å². The average Bonchev–Trinajstić information content (AvgIpc) is 2.90. The molecular weight excluding hydrogens is 570 g/mol. The molecule has 5 rings (SSSR count). The number of hydrogen-bond acceptors (Lipinski definition) is 9. The van der Waals surface area contributed by atoms with Gasteiger partial charge in [0.2, 0.25) is 5.95 Å². The molecule has 2 N–H and O–H groups in total. The van der Waals surface area contributed by atoms with Crippen molar-refractivity contribution < 1.29 is 14.7 Å². The van der Waals surface area contributed by atoms with E-state index in [1.165, 1.54) is 17.3 Å². The summed E-state index contributed by atoms with van der Waals surface area (Å²) in [5.41, 5.74) is 4.99. The maximum atomic E-state index is 11.2. The van der Waals surface area contributed by atoms with E-state index >= 15 is 0 Å². The Balaban J connectivity index is 1.43. The Kier molecular flexibility index (Phi) is 9.64. The van der Waals surface area contributed by atoms with Crippen LogP contribution in [0.2, 0.25) is 5.02 Å². The van der Waals surface area contributed by atoms with Crippen molar-refractivity contribution in [1.29, 1.82) is 0 Å². The number of rotatable bonds is 10. The molecule has 1 saturated heterocycles. The Labute approximate surface area is 258 Å². The third-order valence-corrected chi connectivity index (χ3v) is 8.72. The van der Waals surface area contributed by atoms with Crippen LogP contribution in [0, 0.1) is 6.92 Å². The summed E-state index contributed by atoms with van der Waals surface area (Å²) in [6.07, 6.45) is 4.77. The minimum absolute atomic E-state index is 0.0286. The first-order chi connectivity index (χ1) is 20.1. The second-order valence-electron chi connectivity index (χ2n) is 11.4. The maximum Gasteiger partial charge on any atom is 0.229 e. The molecular formula is C32H40ClN5O3S. The van der Waals surface area contributed by atoms with Gasteiger partial charge in [-0.1, -0.05) is 43.7 Å². The predicted molar refractivity (Wildman–Crippen MR) is 172 cm³/mol. The number of aryl methyl sites for hydroxylation is 1. The van der Waals surface area contributed by atoms with Crippen LogP contribution in [0.15, 0.2) is 53.6 Å². The fourth-order valence-electron chi connectivity index (χ4n) is 5.33. The number of para-hydroxylation sites is 1.